The van der Waals surface area contributed by atoms with Crippen molar-refractivity contribution in [3.05, 3.63) is 18.7 Å². The summed E-state index contributed by atoms with van der Waals surface area (Å²) in [6.07, 6.45) is 10.2. The molecule has 1 heterocycles. The Morgan fingerprint density at radius 3 is 2.94 bits per heavy atom. The number of hydrogen-bond acceptors (Lipinski definition) is 3. The second kappa shape index (κ2) is 6.39. The molecule has 0 aromatic carbocycles. The van der Waals surface area contributed by atoms with Gasteiger partial charge in [-0.15, -0.1) is 0 Å². The van der Waals surface area contributed by atoms with E-state index in [9.17, 15) is 4.79 Å². The summed E-state index contributed by atoms with van der Waals surface area (Å²) in [4.78, 5) is 15.5. The molecule has 0 unspecified atom stereocenters. The lowest BCUT2D eigenvalue weighted by atomic mass is 10.2. The van der Waals surface area contributed by atoms with E-state index in [4.69, 9.17) is 0 Å². The van der Waals surface area contributed by atoms with Gasteiger partial charge in [0.2, 0.25) is 5.91 Å². The van der Waals surface area contributed by atoms with Crippen molar-refractivity contribution in [2.45, 2.75) is 38.3 Å². The van der Waals surface area contributed by atoms with Crippen LogP contribution in [0.15, 0.2) is 18.7 Å². The molecule has 1 aromatic rings. The predicted octanol–water partition coefficient (Wildman–Crippen LogP) is 0.531. The van der Waals surface area contributed by atoms with E-state index < -0.39 is 0 Å². The molecule has 17 heavy (non-hydrogen) atoms. The first kappa shape index (κ1) is 12.1. The van der Waals surface area contributed by atoms with Crippen molar-refractivity contribution in [2.24, 2.45) is 0 Å². The van der Waals surface area contributed by atoms with E-state index in [1.54, 1.807) is 12.5 Å². The Kier molecular flexibility index (Phi) is 4.55. The van der Waals surface area contributed by atoms with E-state index in [1.165, 1.54) is 12.8 Å². The lowest BCUT2D eigenvalue weighted by Crippen LogP contribution is -2.39. The number of carbonyl (C=O) groups is 1. The average Bonchev–Trinajstić information content (AvgIpc) is 2.96. The number of rotatable bonds is 6. The molecule has 1 amide bonds. The average molecular weight is 236 g/mol. The van der Waals surface area contributed by atoms with Crippen LogP contribution in [0.5, 0.6) is 0 Å². The highest BCUT2D eigenvalue weighted by Crippen LogP contribution is 2.17. The van der Waals surface area contributed by atoms with Gasteiger partial charge in [-0.25, -0.2) is 4.98 Å². The van der Waals surface area contributed by atoms with Crippen LogP contribution in [0.1, 0.15) is 25.7 Å². The summed E-state index contributed by atoms with van der Waals surface area (Å²) >= 11 is 0. The van der Waals surface area contributed by atoms with Gasteiger partial charge in [0.15, 0.2) is 0 Å². The molecular formula is C12H20N4O. The lowest BCUT2D eigenvalue weighted by molar-refractivity contribution is -0.120. The van der Waals surface area contributed by atoms with Crippen LogP contribution in [0.25, 0.3) is 0 Å². The fourth-order valence-corrected chi connectivity index (χ4v) is 2.18. The van der Waals surface area contributed by atoms with Crippen molar-refractivity contribution < 1.29 is 4.79 Å². The highest BCUT2D eigenvalue weighted by atomic mass is 16.1. The van der Waals surface area contributed by atoms with Crippen molar-refractivity contribution in [3.63, 3.8) is 0 Å². The summed E-state index contributed by atoms with van der Waals surface area (Å²) in [5.74, 6) is 0.113. The highest BCUT2D eigenvalue weighted by Gasteiger charge is 2.16. The first-order valence-corrected chi connectivity index (χ1v) is 6.30. The minimum atomic E-state index is 0.113. The van der Waals surface area contributed by atoms with Crippen molar-refractivity contribution in [1.29, 1.82) is 0 Å². The van der Waals surface area contributed by atoms with Crippen molar-refractivity contribution in [2.75, 3.05) is 13.1 Å². The van der Waals surface area contributed by atoms with Gasteiger partial charge >= 0.3 is 0 Å². The van der Waals surface area contributed by atoms with Crippen LogP contribution in [0.4, 0.5) is 0 Å². The molecule has 1 aliphatic carbocycles. The van der Waals surface area contributed by atoms with Crippen LogP contribution >= 0.6 is 0 Å². The summed E-state index contributed by atoms with van der Waals surface area (Å²) < 4.78 is 1.99. The maximum Gasteiger partial charge on any atom is 0.234 e. The van der Waals surface area contributed by atoms with E-state index in [1.807, 2.05) is 10.8 Å². The Labute approximate surface area is 102 Å². The second-order valence-electron chi connectivity index (χ2n) is 4.53. The van der Waals surface area contributed by atoms with Crippen molar-refractivity contribution >= 4 is 5.91 Å². The van der Waals surface area contributed by atoms with E-state index in [2.05, 4.69) is 15.6 Å². The highest BCUT2D eigenvalue weighted by molar-refractivity contribution is 5.78. The van der Waals surface area contributed by atoms with Gasteiger partial charge < -0.3 is 15.2 Å². The van der Waals surface area contributed by atoms with Crippen molar-refractivity contribution in [3.8, 4) is 0 Å². The monoisotopic (exact) mass is 236 g/mol. The van der Waals surface area contributed by atoms with Gasteiger partial charge in [0.25, 0.3) is 0 Å². The number of aromatic nitrogens is 2. The summed E-state index contributed by atoms with van der Waals surface area (Å²) in [5, 5.41) is 6.19. The molecule has 0 atom stereocenters. The normalized spacial score (nSPS) is 16.2. The lowest BCUT2D eigenvalue weighted by Gasteiger charge is -2.12. The summed E-state index contributed by atoms with van der Waals surface area (Å²) in [7, 11) is 0. The van der Waals surface area contributed by atoms with Crippen LogP contribution in [0, 0.1) is 0 Å². The van der Waals surface area contributed by atoms with Gasteiger partial charge in [0, 0.05) is 31.5 Å². The van der Waals surface area contributed by atoms with E-state index in [0.717, 1.165) is 25.9 Å². The molecule has 94 valence electrons. The number of amides is 1. The molecule has 0 saturated heterocycles. The summed E-state index contributed by atoms with van der Waals surface area (Å²) in [6, 6.07) is 0.415. The number of imidazole rings is 1. The number of hydrogen-bond donors (Lipinski definition) is 2. The first-order valence-electron chi connectivity index (χ1n) is 6.30. The zero-order valence-electron chi connectivity index (χ0n) is 10.1. The van der Waals surface area contributed by atoms with E-state index in [-0.39, 0.29) is 5.91 Å². The Bertz CT molecular complexity index is 330. The molecule has 5 heteroatoms. The first-order chi connectivity index (χ1) is 8.34. The second-order valence-corrected chi connectivity index (χ2v) is 4.53. The van der Waals surface area contributed by atoms with E-state index >= 15 is 0 Å². The SMILES string of the molecule is O=C(CNCCn1ccnc1)NC1CCCC1. The number of nitrogens with one attached hydrogen (secondary N) is 2. The Hall–Kier alpha value is -1.36. The van der Waals surface area contributed by atoms with Gasteiger partial charge in [0.05, 0.1) is 12.9 Å². The van der Waals surface area contributed by atoms with Gasteiger partial charge in [-0.05, 0) is 12.8 Å². The fraction of sp³-hybridized carbons (Fsp3) is 0.667. The molecule has 2 N–H and O–H groups in total. The zero-order chi connectivity index (χ0) is 11.9. The molecule has 5 nitrogen and oxygen atoms in total. The smallest absolute Gasteiger partial charge is 0.234 e. The molecule has 1 aromatic heterocycles. The number of nitrogens with zero attached hydrogens (tertiary/aromatic N) is 2. The Morgan fingerprint density at radius 1 is 1.41 bits per heavy atom. The van der Waals surface area contributed by atoms with Crippen LogP contribution < -0.4 is 10.6 Å². The molecular weight excluding hydrogens is 216 g/mol. The fourth-order valence-electron chi connectivity index (χ4n) is 2.18. The molecule has 0 radical (unpaired) electrons. The largest absolute Gasteiger partial charge is 0.352 e. The molecule has 2 rings (SSSR count). The quantitative estimate of drug-likeness (QED) is 0.708. The topological polar surface area (TPSA) is 59.0 Å². The minimum Gasteiger partial charge on any atom is -0.352 e. The van der Waals surface area contributed by atoms with Crippen molar-refractivity contribution in [1.82, 2.24) is 20.2 Å². The zero-order valence-corrected chi connectivity index (χ0v) is 10.1. The number of carbonyl (C=O) groups excluding carboxylic acids is 1. The van der Waals surface area contributed by atoms with Gasteiger partial charge in [0.1, 0.15) is 0 Å². The molecule has 1 fully saturated rings. The maximum absolute atomic E-state index is 11.6. The van der Waals surface area contributed by atoms with Crippen LogP contribution in [-0.2, 0) is 11.3 Å². The molecule has 0 bridgehead atoms. The molecule has 1 saturated carbocycles. The third kappa shape index (κ3) is 4.19. The molecule has 1 aliphatic rings. The standard InChI is InChI=1S/C12H20N4O/c17-12(15-11-3-1-2-4-11)9-13-5-7-16-8-6-14-10-16/h6,8,10-11,13H,1-5,7,9H2,(H,15,17). The Morgan fingerprint density at radius 2 is 2.24 bits per heavy atom. The third-order valence-electron chi connectivity index (χ3n) is 3.11. The van der Waals surface area contributed by atoms with E-state index in [0.29, 0.717) is 12.6 Å². The van der Waals surface area contributed by atoms with Crippen LogP contribution in [0.2, 0.25) is 0 Å². The van der Waals surface area contributed by atoms with Gasteiger partial charge in [-0.3, -0.25) is 4.79 Å². The van der Waals surface area contributed by atoms with Crippen LogP contribution in [0.3, 0.4) is 0 Å². The van der Waals surface area contributed by atoms with Crippen LogP contribution in [-0.4, -0.2) is 34.6 Å². The predicted molar refractivity (Wildman–Crippen MR) is 65.5 cm³/mol. The molecule has 0 aliphatic heterocycles. The van der Waals surface area contributed by atoms with Gasteiger partial charge in [-0.2, -0.15) is 0 Å². The molecule has 0 spiro atoms. The Balaban J connectivity index is 1.53. The minimum absolute atomic E-state index is 0.113. The summed E-state index contributed by atoms with van der Waals surface area (Å²) in [6.45, 7) is 2.04. The third-order valence-corrected chi connectivity index (χ3v) is 3.11. The summed E-state index contributed by atoms with van der Waals surface area (Å²) in [5.41, 5.74) is 0. The maximum atomic E-state index is 11.6. The van der Waals surface area contributed by atoms with Gasteiger partial charge in [-0.1, -0.05) is 12.8 Å².